The van der Waals surface area contributed by atoms with Crippen LogP contribution in [0.2, 0.25) is 0 Å². The van der Waals surface area contributed by atoms with Gasteiger partial charge in [-0.05, 0) is 71.5 Å². The Labute approximate surface area is 182 Å². The van der Waals surface area contributed by atoms with Gasteiger partial charge >= 0.3 is 0 Å². The first-order chi connectivity index (χ1) is 13.9. The first kappa shape index (κ1) is 22.5. The van der Waals surface area contributed by atoms with Crippen molar-refractivity contribution in [2.75, 3.05) is 19.0 Å². The predicted molar refractivity (Wildman–Crippen MR) is 119 cm³/mol. The van der Waals surface area contributed by atoms with Crippen LogP contribution in [0.5, 0.6) is 17.2 Å². The fourth-order valence-electron chi connectivity index (χ4n) is 2.29. The molecule has 29 heavy (non-hydrogen) atoms. The number of carbonyl (C=O) groups is 2. The van der Waals surface area contributed by atoms with Crippen LogP contribution >= 0.6 is 22.6 Å². The number of anilines is 1. The maximum atomic E-state index is 11.9. The topological polar surface area (TPSA) is 109 Å². The zero-order chi connectivity index (χ0) is 21.2. The monoisotopic (exact) mass is 511 g/mol. The van der Waals surface area contributed by atoms with E-state index in [0.717, 1.165) is 0 Å². The van der Waals surface area contributed by atoms with E-state index in [9.17, 15) is 14.7 Å². The number of halogens is 1. The number of phenols is 1. The van der Waals surface area contributed by atoms with Crippen LogP contribution in [0, 0.1) is 3.57 Å². The molecule has 0 saturated heterocycles. The van der Waals surface area contributed by atoms with Crippen molar-refractivity contribution in [1.29, 1.82) is 0 Å². The molecule has 0 aliphatic rings. The summed E-state index contributed by atoms with van der Waals surface area (Å²) in [4.78, 5) is 23.8. The van der Waals surface area contributed by atoms with Crippen LogP contribution in [-0.2, 0) is 9.59 Å². The number of hydrogen-bond acceptors (Lipinski definition) is 6. The number of hydrogen-bond donors (Lipinski definition) is 3. The third-order valence-electron chi connectivity index (χ3n) is 3.71. The number of hydrazone groups is 1. The Kier molecular flexibility index (Phi) is 8.71. The van der Waals surface area contributed by atoms with Gasteiger partial charge in [0.2, 0.25) is 11.8 Å². The second kappa shape index (κ2) is 11.2. The molecule has 0 bridgehead atoms. The Balaban J connectivity index is 1.81. The normalized spacial score (nSPS) is 10.6. The van der Waals surface area contributed by atoms with Crippen LogP contribution in [0.4, 0.5) is 5.69 Å². The molecular formula is C20H22IN3O5. The fraction of sp³-hybridized carbons (Fsp3) is 0.250. The maximum Gasteiger partial charge on any atom is 0.240 e. The van der Waals surface area contributed by atoms with Gasteiger partial charge in [-0.1, -0.05) is 0 Å². The van der Waals surface area contributed by atoms with Gasteiger partial charge in [-0.15, -0.1) is 0 Å². The molecule has 0 fully saturated rings. The molecule has 2 rings (SSSR count). The molecule has 8 nitrogen and oxygen atoms in total. The lowest BCUT2D eigenvalue weighted by molar-refractivity contribution is -0.124. The highest BCUT2D eigenvalue weighted by molar-refractivity contribution is 14.1. The van der Waals surface area contributed by atoms with Gasteiger partial charge in [0.05, 0.1) is 23.5 Å². The van der Waals surface area contributed by atoms with Gasteiger partial charge in [0.1, 0.15) is 5.75 Å². The van der Waals surface area contributed by atoms with Crippen molar-refractivity contribution in [2.45, 2.75) is 19.8 Å². The van der Waals surface area contributed by atoms with Gasteiger partial charge in [0.25, 0.3) is 0 Å². The molecule has 0 saturated carbocycles. The molecule has 2 aromatic rings. The molecule has 154 valence electrons. The lowest BCUT2D eigenvalue weighted by Crippen LogP contribution is -2.20. The molecule has 2 amide bonds. The summed E-state index contributed by atoms with van der Waals surface area (Å²) in [6.07, 6.45) is 1.47. The molecule has 0 atom stereocenters. The third-order valence-corrected chi connectivity index (χ3v) is 4.53. The first-order valence-corrected chi connectivity index (χ1v) is 9.92. The summed E-state index contributed by atoms with van der Waals surface area (Å²) in [7, 11) is 1.56. The van der Waals surface area contributed by atoms with E-state index in [1.807, 2.05) is 29.5 Å². The number of benzene rings is 2. The number of carbonyl (C=O) groups excluding carboxylic acids is 2. The minimum atomic E-state index is -0.385. The van der Waals surface area contributed by atoms with E-state index in [1.165, 1.54) is 6.21 Å². The Morgan fingerprint density at radius 1 is 1.17 bits per heavy atom. The molecule has 3 N–H and O–H groups in total. The number of nitrogens with one attached hydrogen (secondary N) is 2. The zero-order valence-electron chi connectivity index (χ0n) is 16.1. The smallest absolute Gasteiger partial charge is 0.240 e. The third kappa shape index (κ3) is 7.26. The Morgan fingerprint density at radius 2 is 1.86 bits per heavy atom. The Bertz CT molecular complexity index is 884. The minimum absolute atomic E-state index is 0.00334. The number of phenolic OH excluding ortho intramolecular Hbond substituents is 1. The summed E-state index contributed by atoms with van der Waals surface area (Å²) in [6.45, 7) is 2.23. The standard InChI is InChI=1S/C20H22IN3O5/c1-3-29-17-11-13(10-16(21)20(17)27)12-22-24-19(26)9-8-18(25)23-14-4-6-15(28-2)7-5-14/h4-7,10-12,27H,3,8-9H2,1-2H3,(H,23,25)(H,24,26)/b22-12+. The molecule has 2 aromatic carbocycles. The van der Waals surface area contributed by atoms with Crippen LogP contribution < -0.4 is 20.2 Å². The van der Waals surface area contributed by atoms with E-state index in [2.05, 4.69) is 15.8 Å². The Hall–Kier alpha value is -2.82. The van der Waals surface area contributed by atoms with Crippen molar-refractivity contribution in [2.24, 2.45) is 5.10 Å². The molecule has 0 aliphatic carbocycles. The second-order valence-electron chi connectivity index (χ2n) is 5.85. The van der Waals surface area contributed by atoms with Crippen molar-refractivity contribution in [1.82, 2.24) is 5.43 Å². The van der Waals surface area contributed by atoms with E-state index in [1.54, 1.807) is 43.5 Å². The predicted octanol–water partition coefficient (Wildman–Crippen LogP) is 3.27. The van der Waals surface area contributed by atoms with Crippen LogP contribution in [0.1, 0.15) is 25.3 Å². The number of aromatic hydroxyl groups is 1. The molecular weight excluding hydrogens is 489 g/mol. The summed E-state index contributed by atoms with van der Waals surface area (Å²) in [5, 5.41) is 16.5. The highest BCUT2D eigenvalue weighted by atomic mass is 127. The molecule has 0 aromatic heterocycles. The SMILES string of the molecule is CCOc1cc(/C=N/NC(=O)CCC(=O)Nc2ccc(OC)cc2)cc(I)c1O. The lowest BCUT2D eigenvalue weighted by Gasteiger charge is -2.08. The van der Waals surface area contributed by atoms with E-state index >= 15 is 0 Å². The largest absolute Gasteiger partial charge is 0.504 e. The van der Waals surface area contributed by atoms with Gasteiger partial charge < -0.3 is 19.9 Å². The number of ether oxygens (including phenoxy) is 2. The maximum absolute atomic E-state index is 11.9. The van der Waals surface area contributed by atoms with Crippen molar-refractivity contribution in [3.8, 4) is 17.2 Å². The van der Waals surface area contributed by atoms with E-state index in [-0.39, 0.29) is 30.4 Å². The average molecular weight is 511 g/mol. The van der Waals surface area contributed by atoms with Gasteiger partial charge in [0, 0.05) is 18.5 Å². The van der Waals surface area contributed by atoms with Crippen molar-refractivity contribution in [3.05, 3.63) is 45.5 Å². The zero-order valence-corrected chi connectivity index (χ0v) is 18.2. The van der Waals surface area contributed by atoms with Crippen molar-refractivity contribution < 1.29 is 24.2 Å². The molecule has 0 heterocycles. The number of rotatable bonds is 9. The summed E-state index contributed by atoms with van der Waals surface area (Å²) >= 11 is 1.98. The fourth-order valence-corrected chi connectivity index (χ4v) is 2.92. The molecule has 0 aliphatic heterocycles. The van der Waals surface area contributed by atoms with E-state index in [4.69, 9.17) is 9.47 Å². The van der Waals surface area contributed by atoms with Gasteiger partial charge in [0.15, 0.2) is 11.5 Å². The summed E-state index contributed by atoms with van der Waals surface area (Å²) in [5.41, 5.74) is 3.67. The van der Waals surface area contributed by atoms with Crippen LogP contribution in [0.25, 0.3) is 0 Å². The number of amides is 2. The van der Waals surface area contributed by atoms with Gasteiger partial charge in [-0.3, -0.25) is 9.59 Å². The van der Waals surface area contributed by atoms with Crippen molar-refractivity contribution >= 4 is 46.3 Å². The highest BCUT2D eigenvalue weighted by Gasteiger charge is 2.09. The first-order valence-electron chi connectivity index (χ1n) is 8.84. The minimum Gasteiger partial charge on any atom is -0.504 e. The quantitative estimate of drug-likeness (QED) is 0.272. The van der Waals surface area contributed by atoms with Crippen LogP contribution in [-0.4, -0.2) is 36.9 Å². The lowest BCUT2D eigenvalue weighted by atomic mass is 10.2. The summed E-state index contributed by atoms with van der Waals surface area (Å²) < 4.78 is 11.0. The molecule has 0 spiro atoms. The summed E-state index contributed by atoms with van der Waals surface area (Å²) in [6, 6.07) is 10.2. The highest BCUT2D eigenvalue weighted by Crippen LogP contribution is 2.32. The van der Waals surface area contributed by atoms with Gasteiger partial charge in [-0.25, -0.2) is 5.43 Å². The molecule has 0 unspecified atom stereocenters. The van der Waals surface area contributed by atoms with Crippen LogP contribution in [0.15, 0.2) is 41.5 Å². The number of nitrogens with zero attached hydrogens (tertiary/aromatic N) is 1. The average Bonchev–Trinajstić information content (AvgIpc) is 2.71. The molecule has 0 radical (unpaired) electrons. The van der Waals surface area contributed by atoms with Crippen molar-refractivity contribution in [3.63, 3.8) is 0 Å². The number of methoxy groups -OCH3 is 1. The van der Waals surface area contributed by atoms with Gasteiger partial charge in [-0.2, -0.15) is 5.10 Å². The van der Waals surface area contributed by atoms with E-state index < -0.39 is 0 Å². The second-order valence-corrected chi connectivity index (χ2v) is 7.01. The van der Waals surface area contributed by atoms with Crippen LogP contribution in [0.3, 0.4) is 0 Å². The molecule has 9 heteroatoms. The summed E-state index contributed by atoms with van der Waals surface area (Å²) in [5.74, 6) is 0.448. The Morgan fingerprint density at radius 3 is 2.52 bits per heavy atom. The van der Waals surface area contributed by atoms with E-state index in [0.29, 0.717) is 32.9 Å².